The van der Waals surface area contributed by atoms with E-state index in [-0.39, 0.29) is 6.17 Å². The fourth-order valence-electron chi connectivity index (χ4n) is 9.43. The van der Waals surface area contributed by atoms with Crippen LogP contribution in [0.25, 0.3) is 90.8 Å². The van der Waals surface area contributed by atoms with Gasteiger partial charge in [0.1, 0.15) is 12.0 Å². The maximum absolute atomic E-state index is 5.51. The van der Waals surface area contributed by atoms with Crippen molar-refractivity contribution in [1.29, 1.82) is 0 Å². The molecule has 4 nitrogen and oxygen atoms in total. The monoisotopic (exact) mass is 782 g/mol. The van der Waals surface area contributed by atoms with E-state index in [0.29, 0.717) is 5.84 Å². The van der Waals surface area contributed by atoms with Gasteiger partial charge in [0.2, 0.25) is 0 Å². The minimum Gasteiger partial charge on any atom is -0.344 e. The first-order chi connectivity index (χ1) is 29.7. The quantitative estimate of drug-likeness (QED) is 0.190. The second-order valence-corrected chi connectivity index (χ2v) is 16.9. The Labute approximate surface area is 349 Å². The number of amidine groups is 2. The molecule has 10 aromatic carbocycles. The minimum atomic E-state index is -0.352. The van der Waals surface area contributed by atoms with Gasteiger partial charge in [-0.15, -0.1) is 11.3 Å². The summed E-state index contributed by atoms with van der Waals surface area (Å²) < 4.78 is 4.92. The van der Waals surface area contributed by atoms with Crippen LogP contribution in [0.5, 0.6) is 0 Å². The zero-order chi connectivity index (χ0) is 39.3. The van der Waals surface area contributed by atoms with E-state index in [0.717, 1.165) is 28.2 Å². The lowest BCUT2D eigenvalue weighted by atomic mass is 10.0. The fraction of sp³-hybridized carbons (Fsp3) is 0.0182. The second kappa shape index (κ2) is 13.0. The maximum Gasteiger partial charge on any atom is 0.160 e. The van der Waals surface area contributed by atoms with Crippen LogP contribution in [-0.2, 0) is 0 Å². The van der Waals surface area contributed by atoms with Crippen molar-refractivity contribution in [2.24, 2.45) is 9.98 Å². The molecule has 0 spiro atoms. The van der Waals surface area contributed by atoms with Gasteiger partial charge in [0, 0.05) is 37.4 Å². The van der Waals surface area contributed by atoms with Gasteiger partial charge in [-0.05, 0) is 103 Å². The van der Waals surface area contributed by atoms with Gasteiger partial charge in [-0.2, -0.15) is 0 Å². The Morgan fingerprint density at radius 1 is 0.467 bits per heavy atom. The number of nitrogens with zero attached hydrogens (tertiary/aromatic N) is 3. The molecule has 1 aliphatic rings. The standard InChI is InChI=1S/C55H34N4S/c1-3-13-35-27-41(23-21-33(35)11-1)53-56-54(42-24-22-34-12-2-4-14-36(34)28-42)58-55(57-53)44-25-26-48(52-51(44)46-30-38-16-6-8-18-40(38)32-50(46)60-52)59-47-20-10-9-19-43(47)45-29-37-15-5-7-17-39(37)31-49(45)59/h1-32,53H,(H,56,57,58). The van der Waals surface area contributed by atoms with Crippen molar-refractivity contribution in [2.45, 2.75) is 6.17 Å². The lowest BCUT2D eigenvalue weighted by Gasteiger charge is -2.24. The van der Waals surface area contributed by atoms with E-state index in [9.17, 15) is 0 Å². The molecule has 0 radical (unpaired) electrons. The minimum absolute atomic E-state index is 0.352. The number of rotatable bonds is 4. The van der Waals surface area contributed by atoms with Crippen molar-refractivity contribution in [3.8, 4) is 5.69 Å². The van der Waals surface area contributed by atoms with Crippen LogP contribution in [0.2, 0.25) is 0 Å². The van der Waals surface area contributed by atoms with Gasteiger partial charge >= 0.3 is 0 Å². The average molecular weight is 783 g/mol. The molecule has 0 amide bonds. The van der Waals surface area contributed by atoms with Crippen LogP contribution in [0.1, 0.15) is 22.9 Å². The number of fused-ring (bicyclic) bond motifs is 10. The smallest absolute Gasteiger partial charge is 0.160 e. The Bertz CT molecular complexity index is 3830. The van der Waals surface area contributed by atoms with Crippen LogP contribution in [0.3, 0.4) is 0 Å². The molecular formula is C55H34N4S. The third kappa shape index (κ3) is 5.16. The summed E-state index contributed by atoms with van der Waals surface area (Å²) in [6.45, 7) is 0. The average Bonchev–Trinajstić information content (AvgIpc) is 3.84. The molecule has 0 bridgehead atoms. The number of benzene rings is 10. The molecule has 0 fully saturated rings. The molecule has 0 saturated carbocycles. The van der Waals surface area contributed by atoms with Crippen LogP contribution < -0.4 is 5.32 Å². The van der Waals surface area contributed by atoms with Crippen molar-refractivity contribution in [2.75, 3.05) is 0 Å². The molecule has 0 aliphatic carbocycles. The third-order valence-corrected chi connectivity index (χ3v) is 13.5. The maximum atomic E-state index is 5.51. The molecule has 1 aliphatic heterocycles. The van der Waals surface area contributed by atoms with Gasteiger partial charge in [0.15, 0.2) is 5.84 Å². The number of hydrogen-bond donors (Lipinski definition) is 1. The van der Waals surface area contributed by atoms with Crippen molar-refractivity contribution in [1.82, 2.24) is 9.88 Å². The normalized spacial score (nSPS) is 14.5. The van der Waals surface area contributed by atoms with E-state index in [1.165, 1.54) is 85.1 Å². The molecule has 12 aromatic rings. The molecule has 5 heteroatoms. The first kappa shape index (κ1) is 33.4. The van der Waals surface area contributed by atoms with E-state index < -0.39 is 0 Å². The van der Waals surface area contributed by atoms with Crippen LogP contribution in [-0.4, -0.2) is 16.2 Å². The van der Waals surface area contributed by atoms with E-state index in [4.69, 9.17) is 9.98 Å². The molecule has 280 valence electrons. The number of nitrogens with one attached hydrogen (secondary N) is 1. The summed E-state index contributed by atoms with van der Waals surface area (Å²) in [5.41, 5.74) is 6.67. The van der Waals surface area contributed by atoms with E-state index >= 15 is 0 Å². The number of hydrogen-bond acceptors (Lipinski definition) is 4. The molecule has 1 unspecified atom stereocenters. The number of thiophene rings is 1. The van der Waals surface area contributed by atoms with E-state index in [1.54, 1.807) is 0 Å². The largest absolute Gasteiger partial charge is 0.344 e. The molecule has 1 N–H and O–H groups in total. The van der Waals surface area contributed by atoms with Gasteiger partial charge < -0.3 is 9.88 Å². The Balaban J connectivity index is 1.10. The Hall–Kier alpha value is -7.60. The topological polar surface area (TPSA) is 41.7 Å². The molecule has 13 rings (SSSR count). The molecule has 0 saturated heterocycles. The van der Waals surface area contributed by atoms with Crippen LogP contribution >= 0.6 is 11.3 Å². The van der Waals surface area contributed by atoms with Gasteiger partial charge in [-0.3, -0.25) is 0 Å². The zero-order valence-corrected chi connectivity index (χ0v) is 33.1. The Morgan fingerprint density at radius 2 is 1.07 bits per heavy atom. The molecule has 2 aromatic heterocycles. The predicted molar refractivity (Wildman–Crippen MR) is 256 cm³/mol. The van der Waals surface area contributed by atoms with Gasteiger partial charge in [0.05, 0.1) is 21.4 Å². The highest BCUT2D eigenvalue weighted by Crippen LogP contribution is 2.45. The molecular weight excluding hydrogens is 749 g/mol. The number of para-hydroxylation sites is 1. The molecule has 60 heavy (non-hydrogen) atoms. The van der Waals surface area contributed by atoms with Crippen molar-refractivity contribution in [3.05, 3.63) is 211 Å². The fourth-order valence-corrected chi connectivity index (χ4v) is 10.7. The lowest BCUT2D eigenvalue weighted by Crippen LogP contribution is -2.33. The van der Waals surface area contributed by atoms with E-state index in [1.807, 2.05) is 11.3 Å². The first-order valence-corrected chi connectivity index (χ1v) is 21.2. The van der Waals surface area contributed by atoms with Gasteiger partial charge in [-0.1, -0.05) is 140 Å². The van der Waals surface area contributed by atoms with Gasteiger partial charge in [-0.25, -0.2) is 9.98 Å². The summed E-state index contributed by atoms with van der Waals surface area (Å²) in [4.78, 5) is 11.0. The van der Waals surface area contributed by atoms with Crippen molar-refractivity contribution in [3.63, 3.8) is 0 Å². The second-order valence-electron chi connectivity index (χ2n) is 15.8. The van der Waals surface area contributed by atoms with E-state index in [2.05, 4.69) is 204 Å². The Kier molecular flexibility index (Phi) is 7.21. The SMILES string of the molecule is c1ccc2cc(C3=NC(c4ccc(-n5c6ccccc6c6cc7ccccc7cc65)c5sc6cc7ccccc7cc6c45)=NC(c4ccc5ccccc5c4)N3)ccc2c1. The highest BCUT2D eigenvalue weighted by Gasteiger charge is 2.26. The first-order valence-electron chi connectivity index (χ1n) is 20.4. The van der Waals surface area contributed by atoms with Crippen LogP contribution in [0.4, 0.5) is 0 Å². The number of aliphatic imine (C=N–C) groups is 2. The van der Waals surface area contributed by atoms with Gasteiger partial charge in [0.25, 0.3) is 0 Å². The van der Waals surface area contributed by atoms with Crippen LogP contribution in [0, 0.1) is 0 Å². The highest BCUT2D eigenvalue weighted by atomic mass is 32.1. The number of aromatic nitrogens is 1. The van der Waals surface area contributed by atoms with Crippen LogP contribution in [0.15, 0.2) is 204 Å². The lowest BCUT2D eigenvalue weighted by molar-refractivity contribution is 0.675. The summed E-state index contributed by atoms with van der Waals surface area (Å²) in [5, 5.41) is 18.3. The summed E-state index contributed by atoms with van der Waals surface area (Å²) in [5.74, 6) is 1.52. The summed E-state index contributed by atoms with van der Waals surface area (Å²) in [6, 6.07) is 70.4. The van der Waals surface area contributed by atoms with Crippen molar-refractivity contribution < 1.29 is 0 Å². The summed E-state index contributed by atoms with van der Waals surface area (Å²) in [6.07, 6.45) is -0.352. The highest BCUT2D eigenvalue weighted by molar-refractivity contribution is 7.26. The Morgan fingerprint density at radius 3 is 1.82 bits per heavy atom. The molecule has 3 heterocycles. The zero-order valence-electron chi connectivity index (χ0n) is 32.3. The molecule has 1 atom stereocenters. The summed E-state index contributed by atoms with van der Waals surface area (Å²) in [7, 11) is 0. The summed E-state index contributed by atoms with van der Waals surface area (Å²) >= 11 is 1.86. The predicted octanol–water partition coefficient (Wildman–Crippen LogP) is 14.3. The van der Waals surface area contributed by atoms with Crippen molar-refractivity contribution >= 4 is 108 Å². The third-order valence-electron chi connectivity index (χ3n) is 12.3.